The Morgan fingerprint density at radius 3 is 2.95 bits per heavy atom. The van der Waals surface area contributed by atoms with E-state index in [1.54, 1.807) is 29.5 Å². The summed E-state index contributed by atoms with van der Waals surface area (Å²) in [6.07, 6.45) is 2.99. The third-order valence-corrected chi connectivity index (χ3v) is 5.05. The van der Waals surface area contributed by atoms with E-state index < -0.39 is 4.92 Å². The number of hydrogen-bond acceptors (Lipinski definition) is 4. The number of nitro benzene ring substituents is 1. The number of nitrogens with zero attached hydrogens (tertiary/aromatic N) is 1. The molecule has 0 aliphatic heterocycles. The van der Waals surface area contributed by atoms with Gasteiger partial charge in [-0.25, -0.2) is 0 Å². The van der Waals surface area contributed by atoms with E-state index in [9.17, 15) is 14.9 Å². The first-order chi connectivity index (χ1) is 10.6. The van der Waals surface area contributed by atoms with Crippen LogP contribution in [0, 0.1) is 16.0 Å². The van der Waals surface area contributed by atoms with E-state index in [1.807, 2.05) is 5.38 Å². The Morgan fingerprint density at radius 2 is 2.18 bits per heavy atom. The number of fused-ring (bicyclic) bond motifs is 1. The molecular weight excluding hydrogens is 300 g/mol. The molecule has 1 heterocycles. The Morgan fingerprint density at radius 1 is 1.41 bits per heavy atom. The highest BCUT2D eigenvalue weighted by atomic mass is 32.1. The molecule has 1 aliphatic rings. The summed E-state index contributed by atoms with van der Waals surface area (Å²) in [4.78, 5) is 24.3. The van der Waals surface area contributed by atoms with Crippen LogP contribution < -0.4 is 5.32 Å². The molecule has 1 aromatic heterocycles. The molecule has 2 aromatic rings. The Kier molecular flexibility index (Phi) is 3.94. The minimum atomic E-state index is -0.486. The van der Waals surface area contributed by atoms with Crippen LogP contribution in [0.1, 0.15) is 34.1 Å². The minimum absolute atomic E-state index is 0.0893. The highest BCUT2D eigenvalue weighted by Crippen LogP contribution is 2.33. The Bertz CT molecular complexity index is 739. The summed E-state index contributed by atoms with van der Waals surface area (Å²) in [7, 11) is 0. The van der Waals surface area contributed by atoms with Crippen molar-refractivity contribution in [3.8, 4) is 0 Å². The van der Waals surface area contributed by atoms with Crippen LogP contribution in [0.5, 0.6) is 0 Å². The summed E-state index contributed by atoms with van der Waals surface area (Å²) < 4.78 is 0. The van der Waals surface area contributed by atoms with Gasteiger partial charge >= 0.3 is 0 Å². The lowest BCUT2D eigenvalue weighted by atomic mass is 9.88. The van der Waals surface area contributed by atoms with E-state index in [0.29, 0.717) is 11.5 Å². The van der Waals surface area contributed by atoms with Crippen LogP contribution in [0.25, 0.3) is 0 Å². The zero-order chi connectivity index (χ0) is 15.7. The van der Waals surface area contributed by atoms with E-state index in [-0.39, 0.29) is 17.3 Å². The molecule has 0 spiro atoms. The van der Waals surface area contributed by atoms with Crippen molar-refractivity contribution in [2.45, 2.75) is 26.2 Å². The van der Waals surface area contributed by atoms with Crippen LogP contribution >= 0.6 is 11.3 Å². The average Bonchev–Trinajstić information content (AvgIpc) is 2.90. The van der Waals surface area contributed by atoms with Gasteiger partial charge in [-0.1, -0.05) is 19.1 Å². The number of anilines is 1. The van der Waals surface area contributed by atoms with Gasteiger partial charge in [0.15, 0.2) is 0 Å². The predicted molar refractivity (Wildman–Crippen MR) is 86.6 cm³/mol. The number of carbonyl (C=O) groups excluding carboxylic acids is 1. The number of para-hydroxylation sites is 2. The zero-order valence-electron chi connectivity index (χ0n) is 12.2. The maximum Gasteiger partial charge on any atom is 0.292 e. The fourth-order valence-electron chi connectivity index (χ4n) is 2.80. The standard InChI is InChI=1S/C16H16N2O3S/c1-10-6-7-11-12(9-22-15(11)8-10)16(19)17-13-4-2-3-5-14(13)18(20)21/h2-5,9-10H,6-8H2,1H3,(H,17,19). The van der Waals surface area contributed by atoms with Crippen molar-refractivity contribution in [3.63, 3.8) is 0 Å². The van der Waals surface area contributed by atoms with E-state index in [4.69, 9.17) is 0 Å². The minimum Gasteiger partial charge on any atom is -0.316 e. The number of nitro groups is 1. The van der Waals surface area contributed by atoms with Gasteiger partial charge in [0.2, 0.25) is 0 Å². The molecule has 6 heteroatoms. The van der Waals surface area contributed by atoms with Crippen LogP contribution in [0.3, 0.4) is 0 Å². The zero-order valence-corrected chi connectivity index (χ0v) is 13.0. The molecule has 3 rings (SSSR count). The third-order valence-electron chi connectivity index (χ3n) is 4.00. The highest BCUT2D eigenvalue weighted by molar-refractivity contribution is 7.10. The molecule has 1 amide bonds. The molecular formula is C16H16N2O3S. The normalized spacial score (nSPS) is 16.9. The number of rotatable bonds is 3. The first-order valence-electron chi connectivity index (χ1n) is 7.20. The van der Waals surface area contributed by atoms with Crippen LogP contribution in [0.2, 0.25) is 0 Å². The lowest BCUT2D eigenvalue weighted by Crippen LogP contribution is -2.17. The van der Waals surface area contributed by atoms with Crippen LogP contribution in [0.4, 0.5) is 11.4 Å². The summed E-state index contributed by atoms with van der Waals surface area (Å²) in [6.45, 7) is 2.22. The molecule has 0 saturated heterocycles. The van der Waals surface area contributed by atoms with E-state index >= 15 is 0 Å². The summed E-state index contributed by atoms with van der Waals surface area (Å²) in [5.41, 5.74) is 1.92. The number of nitrogens with one attached hydrogen (secondary N) is 1. The van der Waals surface area contributed by atoms with Crippen LogP contribution in [0.15, 0.2) is 29.6 Å². The van der Waals surface area contributed by atoms with E-state index in [1.165, 1.54) is 10.9 Å². The largest absolute Gasteiger partial charge is 0.316 e. The first-order valence-corrected chi connectivity index (χ1v) is 8.08. The second-order valence-corrected chi connectivity index (χ2v) is 6.59. The molecule has 1 aromatic carbocycles. The van der Waals surface area contributed by atoms with Gasteiger partial charge in [-0.15, -0.1) is 11.3 Å². The number of carbonyl (C=O) groups is 1. The van der Waals surface area contributed by atoms with Gasteiger partial charge in [0.1, 0.15) is 5.69 Å². The molecule has 1 unspecified atom stereocenters. The number of amides is 1. The SMILES string of the molecule is CC1CCc2c(C(=O)Nc3ccccc3[N+](=O)[O-])csc2C1. The first kappa shape index (κ1) is 14.7. The Labute approximate surface area is 132 Å². The summed E-state index contributed by atoms with van der Waals surface area (Å²) in [5, 5.41) is 15.6. The van der Waals surface area contributed by atoms with Crippen molar-refractivity contribution in [2.75, 3.05) is 5.32 Å². The average molecular weight is 316 g/mol. The molecule has 5 nitrogen and oxygen atoms in total. The molecule has 22 heavy (non-hydrogen) atoms. The van der Waals surface area contributed by atoms with Crippen molar-refractivity contribution >= 4 is 28.6 Å². The third kappa shape index (κ3) is 2.74. The smallest absolute Gasteiger partial charge is 0.292 e. The van der Waals surface area contributed by atoms with E-state index in [2.05, 4.69) is 12.2 Å². The van der Waals surface area contributed by atoms with Gasteiger partial charge in [-0.3, -0.25) is 14.9 Å². The Hall–Kier alpha value is -2.21. The fraction of sp³-hybridized carbons (Fsp3) is 0.312. The monoisotopic (exact) mass is 316 g/mol. The quantitative estimate of drug-likeness (QED) is 0.686. The molecule has 0 fully saturated rings. The van der Waals surface area contributed by atoms with Crippen LogP contribution in [-0.2, 0) is 12.8 Å². The van der Waals surface area contributed by atoms with Crippen molar-refractivity contribution in [1.29, 1.82) is 0 Å². The van der Waals surface area contributed by atoms with Gasteiger partial charge in [0.25, 0.3) is 11.6 Å². The van der Waals surface area contributed by atoms with Crippen molar-refractivity contribution in [1.82, 2.24) is 0 Å². The topological polar surface area (TPSA) is 72.2 Å². The number of benzene rings is 1. The van der Waals surface area contributed by atoms with Gasteiger partial charge < -0.3 is 5.32 Å². The lowest BCUT2D eigenvalue weighted by Gasteiger charge is -2.18. The second-order valence-electron chi connectivity index (χ2n) is 5.63. The van der Waals surface area contributed by atoms with Crippen molar-refractivity contribution in [3.05, 3.63) is 55.8 Å². The number of hydrogen-bond donors (Lipinski definition) is 1. The van der Waals surface area contributed by atoms with Crippen LogP contribution in [-0.4, -0.2) is 10.8 Å². The molecule has 1 aliphatic carbocycles. The van der Waals surface area contributed by atoms with E-state index in [0.717, 1.165) is 24.8 Å². The molecule has 114 valence electrons. The number of thiophene rings is 1. The fourth-order valence-corrected chi connectivity index (χ4v) is 4.04. The van der Waals surface area contributed by atoms with Gasteiger partial charge in [0.05, 0.1) is 10.5 Å². The van der Waals surface area contributed by atoms with Gasteiger partial charge in [-0.05, 0) is 36.8 Å². The summed E-state index contributed by atoms with van der Waals surface area (Å²) in [5.74, 6) is 0.388. The summed E-state index contributed by atoms with van der Waals surface area (Å²) >= 11 is 1.61. The predicted octanol–water partition coefficient (Wildman–Crippen LogP) is 4.03. The Balaban J connectivity index is 1.86. The van der Waals surface area contributed by atoms with Crippen molar-refractivity contribution < 1.29 is 9.72 Å². The molecule has 0 radical (unpaired) electrons. The summed E-state index contributed by atoms with van der Waals surface area (Å²) in [6, 6.07) is 6.20. The molecule has 0 bridgehead atoms. The maximum absolute atomic E-state index is 12.5. The highest BCUT2D eigenvalue weighted by Gasteiger charge is 2.24. The van der Waals surface area contributed by atoms with Gasteiger partial charge in [-0.2, -0.15) is 0 Å². The maximum atomic E-state index is 12.5. The molecule has 1 N–H and O–H groups in total. The molecule has 1 atom stereocenters. The van der Waals surface area contributed by atoms with Crippen molar-refractivity contribution in [2.24, 2.45) is 5.92 Å². The second kappa shape index (κ2) is 5.88. The van der Waals surface area contributed by atoms with Gasteiger partial charge in [0, 0.05) is 16.3 Å². The lowest BCUT2D eigenvalue weighted by molar-refractivity contribution is -0.383. The molecule has 0 saturated carbocycles.